The summed E-state index contributed by atoms with van der Waals surface area (Å²) >= 11 is 1.40. The van der Waals surface area contributed by atoms with Crippen LogP contribution in [-0.4, -0.2) is 20.3 Å². The minimum atomic E-state index is -0.0543. The fourth-order valence-electron chi connectivity index (χ4n) is 1.92. The third kappa shape index (κ3) is 3.61. The Morgan fingerprint density at radius 1 is 1.04 bits per heavy atom. The number of rotatable bonds is 5. The molecule has 120 valence electrons. The molecule has 1 atom stereocenters. The average Bonchev–Trinajstić information content (AvgIpc) is 3.17. The summed E-state index contributed by atoms with van der Waals surface area (Å²) in [6, 6.07) is 7.96. The van der Waals surface area contributed by atoms with Gasteiger partial charge in [-0.1, -0.05) is 48.5 Å². The zero-order valence-corrected chi connectivity index (χ0v) is 14.3. The van der Waals surface area contributed by atoms with Crippen LogP contribution in [0.1, 0.15) is 49.2 Å². The van der Waals surface area contributed by atoms with E-state index in [0.717, 1.165) is 5.56 Å². The van der Waals surface area contributed by atoms with E-state index in [2.05, 4.69) is 20.3 Å². The second-order valence-electron chi connectivity index (χ2n) is 5.64. The lowest BCUT2D eigenvalue weighted by atomic mass is 10.1. The van der Waals surface area contributed by atoms with E-state index in [9.17, 15) is 0 Å². The van der Waals surface area contributed by atoms with Crippen LogP contribution in [0.15, 0.2) is 38.4 Å². The molecule has 0 aliphatic carbocycles. The van der Waals surface area contributed by atoms with Crippen molar-refractivity contribution < 1.29 is 8.94 Å². The normalized spacial score (nSPS) is 12.7. The SMILES string of the molecule is Cc1ccc(-c2nnc(SC(C)c3nc(C(C)C)no3)o2)cc1. The molecule has 1 unspecified atom stereocenters. The van der Waals surface area contributed by atoms with Gasteiger partial charge >= 0.3 is 0 Å². The van der Waals surface area contributed by atoms with Crippen molar-refractivity contribution in [2.75, 3.05) is 0 Å². The highest BCUT2D eigenvalue weighted by Gasteiger charge is 2.20. The first-order valence-electron chi connectivity index (χ1n) is 7.43. The molecule has 0 aliphatic heterocycles. The Morgan fingerprint density at radius 3 is 2.43 bits per heavy atom. The van der Waals surface area contributed by atoms with Gasteiger partial charge in [0.25, 0.3) is 5.22 Å². The van der Waals surface area contributed by atoms with Gasteiger partial charge in [0.15, 0.2) is 5.82 Å². The van der Waals surface area contributed by atoms with Crippen LogP contribution in [0, 0.1) is 6.92 Å². The standard InChI is InChI=1S/C16H18N4O2S/c1-9(2)13-17-14(22-20-13)11(4)23-16-19-18-15(21-16)12-7-5-10(3)6-8-12/h5-9,11H,1-4H3. The molecule has 7 heteroatoms. The molecule has 0 amide bonds. The first-order valence-corrected chi connectivity index (χ1v) is 8.31. The molecule has 2 heterocycles. The summed E-state index contributed by atoms with van der Waals surface area (Å²) in [6.45, 7) is 8.06. The molecule has 23 heavy (non-hydrogen) atoms. The van der Waals surface area contributed by atoms with E-state index in [-0.39, 0.29) is 11.2 Å². The second-order valence-corrected chi connectivity index (χ2v) is 6.94. The summed E-state index contributed by atoms with van der Waals surface area (Å²) in [5, 5.41) is 12.6. The van der Waals surface area contributed by atoms with Crippen molar-refractivity contribution in [2.24, 2.45) is 0 Å². The summed E-state index contributed by atoms with van der Waals surface area (Å²) in [5.74, 6) is 2.02. The maximum atomic E-state index is 5.71. The van der Waals surface area contributed by atoms with E-state index < -0.39 is 0 Å². The summed E-state index contributed by atoms with van der Waals surface area (Å²) < 4.78 is 11.0. The van der Waals surface area contributed by atoms with E-state index in [1.807, 2.05) is 52.0 Å². The van der Waals surface area contributed by atoms with Crippen molar-refractivity contribution in [1.29, 1.82) is 0 Å². The van der Waals surface area contributed by atoms with E-state index in [1.54, 1.807) is 0 Å². The predicted molar refractivity (Wildman–Crippen MR) is 87.1 cm³/mol. The lowest BCUT2D eigenvalue weighted by Gasteiger charge is -2.01. The molecule has 0 radical (unpaired) electrons. The Labute approximate surface area is 138 Å². The minimum Gasteiger partial charge on any atom is -0.411 e. The maximum absolute atomic E-state index is 5.71. The lowest BCUT2D eigenvalue weighted by Crippen LogP contribution is -1.92. The van der Waals surface area contributed by atoms with Gasteiger partial charge in [0.05, 0.1) is 5.25 Å². The molecule has 3 rings (SSSR count). The maximum Gasteiger partial charge on any atom is 0.277 e. The van der Waals surface area contributed by atoms with Crippen LogP contribution >= 0.6 is 11.8 Å². The van der Waals surface area contributed by atoms with Crippen LogP contribution in [0.4, 0.5) is 0 Å². The van der Waals surface area contributed by atoms with Crippen molar-refractivity contribution in [3.05, 3.63) is 41.5 Å². The van der Waals surface area contributed by atoms with Crippen LogP contribution in [-0.2, 0) is 0 Å². The van der Waals surface area contributed by atoms with Gasteiger partial charge in [-0.3, -0.25) is 0 Å². The van der Waals surface area contributed by atoms with Gasteiger partial charge in [0.1, 0.15) is 0 Å². The highest BCUT2D eigenvalue weighted by atomic mass is 32.2. The molecule has 0 spiro atoms. The quantitative estimate of drug-likeness (QED) is 0.641. The zero-order chi connectivity index (χ0) is 16.4. The smallest absolute Gasteiger partial charge is 0.277 e. The molecule has 0 bridgehead atoms. The molecule has 3 aromatic rings. The molecule has 0 N–H and O–H groups in total. The first-order chi connectivity index (χ1) is 11.0. The summed E-state index contributed by atoms with van der Waals surface area (Å²) in [4.78, 5) is 4.39. The Hall–Kier alpha value is -2.15. The van der Waals surface area contributed by atoms with E-state index >= 15 is 0 Å². The lowest BCUT2D eigenvalue weighted by molar-refractivity contribution is 0.372. The molecule has 0 saturated carbocycles. The second kappa shape index (κ2) is 6.54. The Balaban J connectivity index is 1.71. The van der Waals surface area contributed by atoms with Crippen LogP contribution < -0.4 is 0 Å². The molecule has 0 aliphatic rings. The van der Waals surface area contributed by atoms with Gasteiger partial charge in [-0.15, -0.1) is 10.2 Å². The largest absolute Gasteiger partial charge is 0.411 e. The minimum absolute atomic E-state index is 0.0543. The van der Waals surface area contributed by atoms with Crippen molar-refractivity contribution in [2.45, 2.75) is 44.1 Å². The Kier molecular flexibility index (Phi) is 4.47. The fourth-order valence-corrected chi connectivity index (χ4v) is 2.63. The molecular formula is C16H18N4O2S. The summed E-state index contributed by atoms with van der Waals surface area (Å²) in [5.41, 5.74) is 2.09. The fraction of sp³-hybridized carbons (Fsp3) is 0.375. The topological polar surface area (TPSA) is 77.8 Å². The zero-order valence-electron chi connectivity index (χ0n) is 13.5. The van der Waals surface area contributed by atoms with E-state index in [4.69, 9.17) is 8.94 Å². The number of hydrogen-bond donors (Lipinski definition) is 0. The highest BCUT2D eigenvalue weighted by molar-refractivity contribution is 7.99. The van der Waals surface area contributed by atoms with Gasteiger partial charge in [-0.05, 0) is 26.0 Å². The molecule has 2 aromatic heterocycles. The van der Waals surface area contributed by atoms with Crippen molar-refractivity contribution in [3.8, 4) is 11.5 Å². The van der Waals surface area contributed by atoms with Crippen molar-refractivity contribution in [3.63, 3.8) is 0 Å². The Morgan fingerprint density at radius 2 is 1.78 bits per heavy atom. The van der Waals surface area contributed by atoms with E-state index in [1.165, 1.54) is 17.3 Å². The number of thioether (sulfide) groups is 1. The molecule has 1 aromatic carbocycles. The number of aryl methyl sites for hydroxylation is 1. The Bertz CT molecular complexity index is 779. The van der Waals surface area contributed by atoms with Crippen LogP contribution in [0.5, 0.6) is 0 Å². The van der Waals surface area contributed by atoms with Crippen molar-refractivity contribution >= 4 is 11.8 Å². The van der Waals surface area contributed by atoms with Crippen molar-refractivity contribution in [1.82, 2.24) is 20.3 Å². The monoisotopic (exact) mass is 330 g/mol. The van der Waals surface area contributed by atoms with Gasteiger partial charge in [0, 0.05) is 11.5 Å². The third-order valence-corrected chi connectivity index (χ3v) is 4.23. The number of aromatic nitrogens is 4. The predicted octanol–water partition coefficient (Wildman–Crippen LogP) is 4.40. The van der Waals surface area contributed by atoms with Crippen LogP contribution in [0.2, 0.25) is 0 Å². The van der Waals surface area contributed by atoms with E-state index in [0.29, 0.717) is 22.8 Å². The molecule has 0 fully saturated rings. The van der Waals surface area contributed by atoms with Crippen LogP contribution in [0.3, 0.4) is 0 Å². The first kappa shape index (κ1) is 15.7. The molecule has 0 saturated heterocycles. The molecular weight excluding hydrogens is 312 g/mol. The summed E-state index contributed by atoms with van der Waals surface area (Å²) in [7, 11) is 0. The number of hydrogen-bond acceptors (Lipinski definition) is 7. The summed E-state index contributed by atoms with van der Waals surface area (Å²) in [6.07, 6.45) is 0. The molecule has 6 nitrogen and oxygen atoms in total. The highest BCUT2D eigenvalue weighted by Crippen LogP contribution is 2.34. The number of nitrogens with zero attached hydrogens (tertiary/aromatic N) is 4. The van der Waals surface area contributed by atoms with Gasteiger partial charge in [-0.25, -0.2) is 0 Å². The number of benzene rings is 1. The van der Waals surface area contributed by atoms with Gasteiger partial charge < -0.3 is 8.94 Å². The van der Waals surface area contributed by atoms with Crippen LogP contribution in [0.25, 0.3) is 11.5 Å². The average molecular weight is 330 g/mol. The third-order valence-electron chi connectivity index (χ3n) is 3.30. The van der Waals surface area contributed by atoms with Gasteiger partial charge in [0.2, 0.25) is 11.8 Å². The van der Waals surface area contributed by atoms with Gasteiger partial charge in [-0.2, -0.15) is 4.98 Å².